The fourth-order valence-corrected chi connectivity index (χ4v) is 4.93. The first-order valence-electron chi connectivity index (χ1n) is 11.2. The molecule has 0 saturated carbocycles. The second kappa shape index (κ2) is 10.8. The van der Waals surface area contributed by atoms with E-state index in [0.717, 1.165) is 0 Å². The average Bonchev–Trinajstić information content (AvgIpc) is 2.88. The maximum atomic E-state index is 13.4. The highest BCUT2D eigenvalue weighted by atomic mass is 35.5. The third-order valence-corrected chi connectivity index (χ3v) is 6.90. The molecule has 9 nitrogen and oxygen atoms in total. The summed E-state index contributed by atoms with van der Waals surface area (Å²) in [6.45, 7) is 4.45. The zero-order valence-corrected chi connectivity index (χ0v) is 21.6. The van der Waals surface area contributed by atoms with Gasteiger partial charge in [-0.3, -0.25) is 9.59 Å². The van der Waals surface area contributed by atoms with Gasteiger partial charge >= 0.3 is 0 Å². The Morgan fingerprint density at radius 2 is 1.89 bits per heavy atom. The maximum Gasteiger partial charge on any atom is 0.258 e. The molecule has 11 heteroatoms. The minimum Gasteiger partial charge on any atom is -0.495 e. The lowest BCUT2D eigenvalue weighted by atomic mass is 10.0. The fraction of sp³-hybridized carbons (Fsp3) is 0.320. The number of anilines is 1. The minimum absolute atomic E-state index is 0.153. The Bertz CT molecular complexity index is 1360. The molecule has 1 amide bonds. The van der Waals surface area contributed by atoms with Crippen LogP contribution in [0.5, 0.6) is 11.5 Å². The number of carbonyl (C=O) groups is 1. The summed E-state index contributed by atoms with van der Waals surface area (Å²) in [4.78, 5) is 29.8. The highest BCUT2D eigenvalue weighted by Crippen LogP contribution is 2.45. The number of aryl methyl sites for hydroxylation is 1. The van der Waals surface area contributed by atoms with E-state index in [1.807, 2.05) is 0 Å². The third-order valence-electron chi connectivity index (χ3n) is 6.15. The molecule has 2 aromatic heterocycles. The van der Waals surface area contributed by atoms with Crippen molar-refractivity contribution >= 4 is 45.8 Å². The summed E-state index contributed by atoms with van der Waals surface area (Å²) in [6, 6.07) is 4.68. The molecule has 3 heterocycles. The largest absolute Gasteiger partial charge is 0.495 e. The van der Waals surface area contributed by atoms with E-state index in [-0.39, 0.29) is 39.2 Å². The van der Waals surface area contributed by atoms with Crippen molar-refractivity contribution in [2.24, 2.45) is 7.05 Å². The van der Waals surface area contributed by atoms with Gasteiger partial charge in [-0.05, 0) is 18.6 Å². The number of amides is 1. The average molecular weight is 533 g/mol. The number of carbonyl (C=O) groups excluding carboxylic acids is 1. The number of benzene rings is 1. The molecule has 0 radical (unpaired) electrons. The number of aromatic nitrogens is 2. The first-order chi connectivity index (χ1) is 17.3. The quantitative estimate of drug-likeness (QED) is 0.446. The molecule has 0 spiro atoms. The van der Waals surface area contributed by atoms with Crippen molar-refractivity contribution in [1.82, 2.24) is 14.9 Å². The normalized spacial score (nSPS) is 17.5. The van der Waals surface area contributed by atoms with E-state index in [9.17, 15) is 9.59 Å². The Hall–Kier alpha value is -3.27. The highest BCUT2D eigenvalue weighted by molar-refractivity contribution is 6.41. The van der Waals surface area contributed by atoms with Crippen molar-refractivity contribution in [2.45, 2.75) is 18.5 Å². The lowest BCUT2D eigenvalue weighted by Gasteiger charge is -2.32. The van der Waals surface area contributed by atoms with Crippen LogP contribution in [-0.2, 0) is 16.6 Å². The number of pyridine rings is 2. The summed E-state index contributed by atoms with van der Waals surface area (Å²) < 4.78 is 17.8. The topological polar surface area (TPSA) is 104 Å². The molecule has 0 aliphatic carbocycles. The van der Waals surface area contributed by atoms with E-state index in [1.165, 1.54) is 24.9 Å². The molecule has 3 aromatic rings. The van der Waals surface area contributed by atoms with Gasteiger partial charge in [-0.1, -0.05) is 29.8 Å². The standard InChI is InChI=1S/C25H26Cl2N4O5/c1-5-21(32)30-15-6-7-36-12-16(15)29-20-9-17-13(11-28-20)8-14(25(33)31(17)2)22-23(26)18(34-3)10-19(35-4)24(22)27/h5,8-11,15-16H,1,6-7,12H2,2-4H3,(H,28,29)(H,30,32)/t15-,16+/m0/s1. The van der Waals surface area contributed by atoms with Gasteiger partial charge in [0.1, 0.15) is 17.3 Å². The minimum atomic E-state index is -0.309. The smallest absolute Gasteiger partial charge is 0.258 e. The molecule has 36 heavy (non-hydrogen) atoms. The molecule has 0 unspecified atom stereocenters. The summed E-state index contributed by atoms with van der Waals surface area (Å²) in [6.07, 6.45) is 3.55. The Balaban J connectivity index is 1.75. The second-order valence-electron chi connectivity index (χ2n) is 8.27. The van der Waals surface area contributed by atoms with Gasteiger partial charge in [0.25, 0.3) is 5.56 Å². The monoisotopic (exact) mass is 532 g/mol. The molecule has 1 aliphatic rings. The zero-order chi connectivity index (χ0) is 26.0. The van der Waals surface area contributed by atoms with Gasteiger partial charge in [0.2, 0.25) is 5.91 Å². The van der Waals surface area contributed by atoms with Crippen molar-refractivity contribution in [3.63, 3.8) is 0 Å². The molecular weight excluding hydrogens is 507 g/mol. The molecule has 4 rings (SSSR count). The van der Waals surface area contributed by atoms with E-state index >= 15 is 0 Å². The maximum absolute atomic E-state index is 13.4. The first-order valence-corrected chi connectivity index (χ1v) is 11.9. The van der Waals surface area contributed by atoms with Gasteiger partial charge < -0.3 is 29.4 Å². The highest BCUT2D eigenvalue weighted by Gasteiger charge is 2.27. The van der Waals surface area contributed by atoms with Crippen LogP contribution in [0.1, 0.15) is 6.42 Å². The molecule has 1 fully saturated rings. The van der Waals surface area contributed by atoms with Crippen LogP contribution in [0.4, 0.5) is 5.82 Å². The lowest BCUT2D eigenvalue weighted by Crippen LogP contribution is -2.52. The summed E-state index contributed by atoms with van der Waals surface area (Å²) >= 11 is 13.1. The summed E-state index contributed by atoms with van der Waals surface area (Å²) in [7, 11) is 4.61. The van der Waals surface area contributed by atoms with Crippen LogP contribution >= 0.6 is 23.2 Å². The van der Waals surface area contributed by atoms with Crippen LogP contribution in [0.15, 0.2) is 41.8 Å². The van der Waals surface area contributed by atoms with Crippen molar-refractivity contribution in [3.8, 4) is 22.6 Å². The Labute approximate surface area is 218 Å². The van der Waals surface area contributed by atoms with E-state index < -0.39 is 0 Å². The number of halogens is 2. The van der Waals surface area contributed by atoms with Gasteiger partial charge in [0.15, 0.2) is 0 Å². The van der Waals surface area contributed by atoms with Crippen molar-refractivity contribution < 1.29 is 19.0 Å². The second-order valence-corrected chi connectivity index (χ2v) is 9.02. The first kappa shape index (κ1) is 25.8. The van der Waals surface area contributed by atoms with Crippen molar-refractivity contribution in [1.29, 1.82) is 0 Å². The van der Waals surface area contributed by atoms with Gasteiger partial charge in [0, 0.05) is 42.9 Å². The predicted molar refractivity (Wildman–Crippen MR) is 141 cm³/mol. The predicted octanol–water partition coefficient (Wildman–Crippen LogP) is 3.80. The molecule has 0 bridgehead atoms. The lowest BCUT2D eigenvalue weighted by molar-refractivity contribution is -0.117. The van der Waals surface area contributed by atoms with Crippen LogP contribution in [0, 0.1) is 0 Å². The Kier molecular flexibility index (Phi) is 7.73. The van der Waals surface area contributed by atoms with Gasteiger partial charge in [-0.15, -0.1) is 0 Å². The van der Waals surface area contributed by atoms with Crippen LogP contribution in [0.25, 0.3) is 22.0 Å². The fourth-order valence-electron chi connectivity index (χ4n) is 4.23. The molecule has 190 valence electrons. The van der Waals surface area contributed by atoms with Gasteiger partial charge in [-0.2, -0.15) is 0 Å². The van der Waals surface area contributed by atoms with E-state index in [1.54, 1.807) is 31.4 Å². The van der Waals surface area contributed by atoms with E-state index in [2.05, 4.69) is 22.2 Å². The van der Waals surface area contributed by atoms with E-state index in [0.29, 0.717) is 53.4 Å². The van der Waals surface area contributed by atoms with Crippen LogP contribution in [0.3, 0.4) is 0 Å². The number of methoxy groups -OCH3 is 2. The number of rotatable bonds is 7. The number of ether oxygens (including phenoxy) is 3. The number of hydrogen-bond acceptors (Lipinski definition) is 7. The number of nitrogens with one attached hydrogen (secondary N) is 2. The molecular formula is C25H26Cl2N4O5. The number of nitrogens with zero attached hydrogens (tertiary/aromatic N) is 2. The van der Waals surface area contributed by atoms with Gasteiger partial charge in [0.05, 0.1) is 54.0 Å². The molecule has 1 saturated heterocycles. The molecule has 2 N–H and O–H groups in total. The number of hydrogen-bond donors (Lipinski definition) is 2. The van der Waals surface area contributed by atoms with Crippen LogP contribution in [0.2, 0.25) is 10.0 Å². The third kappa shape index (κ3) is 4.86. The van der Waals surface area contributed by atoms with Crippen molar-refractivity contribution in [2.75, 3.05) is 32.8 Å². The molecule has 1 aliphatic heterocycles. The van der Waals surface area contributed by atoms with E-state index in [4.69, 9.17) is 37.4 Å². The Morgan fingerprint density at radius 1 is 1.19 bits per heavy atom. The molecule has 2 atom stereocenters. The van der Waals surface area contributed by atoms with Crippen LogP contribution < -0.4 is 25.7 Å². The Morgan fingerprint density at radius 3 is 2.53 bits per heavy atom. The summed E-state index contributed by atoms with van der Waals surface area (Å²) in [5.74, 6) is 0.959. The molecule has 1 aromatic carbocycles. The van der Waals surface area contributed by atoms with Crippen LogP contribution in [-0.4, -0.2) is 55.0 Å². The summed E-state index contributed by atoms with van der Waals surface area (Å²) in [5, 5.41) is 7.35. The van der Waals surface area contributed by atoms with Gasteiger partial charge in [-0.25, -0.2) is 4.98 Å². The zero-order valence-electron chi connectivity index (χ0n) is 20.1. The summed E-state index contributed by atoms with van der Waals surface area (Å²) in [5.41, 5.74) is 0.939. The van der Waals surface area contributed by atoms with Crippen molar-refractivity contribution in [3.05, 3.63) is 57.4 Å². The SMILES string of the molecule is C=CC(=O)N[C@H]1CCOC[C@H]1Nc1cc2c(cn1)cc(-c1c(Cl)c(OC)cc(OC)c1Cl)c(=O)n2C. The number of fused-ring (bicyclic) bond motifs is 1.